The summed E-state index contributed by atoms with van der Waals surface area (Å²) in [4.78, 5) is 0. The summed E-state index contributed by atoms with van der Waals surface area (Å²) < 4.78 is 18.8. The molecule has 4 heteroatoms. The molecule has 0 saturated carbocycles. The van der Waals surface area contributed by atoms with Gasteiger partial charge in [0.25, 0.3) is 0 Å². The highest BCUT2D eigenvalue weighted by Gasteiger charge is 2.06. The van der Waals surface area contributed by atoms with Gasteiger partial charge < -0.3 is 9.84 Å². The van der Waals surface area contributed by atoms with E-state index in [0.29, 0.717) is 5.56 Å². The molecule has 0 aliphatic heterocycles. The van der Waals surface area contributed by atoms with Gasteiger partial charge in [-0.15, -0.1) is 0 Å². The van der Waals surface area contributed by atoms with E-state index in [2.05, 4.69) is 0 Å². The first-order valence-corrected chi connectivity index (χ1v) is 5.30. The van der Waals surface area contributed by atoms with E-state index in [1.54, 1.807) is 18.2 Å². The van der Waals surface area contributed by atoms with Crippen LogP contribution < -0.4 is 4.74 Å². The SMILES string of the molecule is N#Cc1ccc(F)c(COc2ccccc2O)c1. The second-order valence-electron chi connectivity index (χ2n) is 3.67. The highest BCUT2D eigenvalue weighted by molar-refractivity contribution is 5.38. The van der Waals surface area contributed by atoms with Crippen LogP contribution in [0, 0.1) is 17.1 Å². The number of hydrogen-bond acceptors (Lipinski definition) is 3. The zero-order valence-electron chi connectivity index (χ0n) is 9.43. The number of ether oxygens (including phenoxy) is 1. The molecule has 90 valence electrons. The van der Waals surface area contributed by atoms with Gasteiger partial charge in [0, 0.05) is 5.56 Å². The van der Waals surface area contributed by atoms with Gasteiger partial charge in [-0.1, -0.05) is 12.1 Å². The normalized spacial score (nSPS) is 9.78. The molecule has 0 atom stereocenters. The highest BCUT2D eigenvalue weighted by Crippen LogP contribution is 2.25. The van der Waals surface area contributed by atoms with Crippen LogP contribution >= 0.6 is 0 Å². The number of nitrogens with zero attached hydrogens (tertiary/aromatic N) is 1. The lowest BCUT2D eigenvalue weighted by atomic mass is 10.1. The highest BCUT2D eigenvalue weighted by atomic mass is 19.1. The monoisotopic (exact) mass is 243 g/mol. The molecule has 0 radical (unpaired) electrons. The fourth-order valence-electron chi connectivity index (χ4n) is 1.49. The molecule has 2 rings (SSSR count). The number of rotatable bonds is 3. The molecule has 0 unspecified atom stereocenters. The lowest BCUT2D eigenvalue weighted by molar-refractivity contribution is 0.284. The topological polar surface area (TPSA) is 53.2 Å². The van der Waals surface area contributed by atoms with Crippen molar-refractivity contribution in [2.45, 2.75) is 6.61 Å². The Balaban J connectivity index is 2.16. The Morgan fingerprint density at radius 2 is 2.00 bits per heavy atom. The van der Waals surface area contributed by atoms with Gasteiger partial charge in [0.2, 0.25) is 0 Å². The van der Waals surface area contributed by atoms with Crippen molar-refractivity contribution in [3.63, 3.8) is 0 Å². The zero-order valence-corrected chi connectivity index (χ0v) is 9.43. The van der Waals surface area contributed by atoms with Crippen LogP contribution in [0.3, 0.4) is 0 Å². The third kappa shape index (κ3) is 2.58. The molecule has 0 saturated heterocycles. The zero-order chi connectivity index (χ0) is 13.0. The summed E-state index contributed by atoms with van der Waals surface area (Å²) in [6.07, 6.45) is 0. The minimum atomic E-state index is -0.440. The number of halogens is 1. The molecule has 0 amide bonds. The fourth-order valence-corrected chi connectivity index (χ4v) is 1.49. The average Bonchev–Trinajstić information content (AvgIpc) is 2.39. The van der Waals surface area contributed by atoms with Crippen LogP contribution in [0.15, 0.2) is 42.5 Å². The van der Waals surface area contributed by atoms with Gasteiger partial charge in [0.05, 0.1) is 11.6 Å². The van der Waals surface area contributed by atoms with Crippen LogP contribution in [0.5, 0.6) is 11.5 Å². The smallest absolute Gasteiger partial charge is 0.161 e. The summed E-state index contributed by atoms with van der Waals surface area (Å²) in [6, 6.07) is 12.4. The Labute approximate surface area is 104 Å². The Hall–Kier alpha value is -2.54. The number of phenols is 1. The molecule has 1 N–H and O–H groups in total. The Bertz CT molecular complexity index is 605. The summed E-state index contributed by atoms with van der Waals surface area (Å²) in [6.45, 7) is -0.0427. The van der Waals surface area contributed by atoms with E-state index in [9.17, 15) is 9.50 Å². The van der Waals surface area contributed by atoms with E-state index in [-0.39, 0.29) is 23.7 Å². The number of benzene rings is 2. The minimum absolute atomic E-state index is 0.00524. The van der Waals surface area contributed by atoms with Crippen molar-refractivity contribution in [1.29, 1.82) is 5.26 Å². The molecule has 0 aliphatic rings. The van der Waals surface area contributed by atoms with Crippen LogP contribution in [-0.2, 0) is 6.61 Å². The summed E-state index contributed by atoms with van der Waals surface area (Å²) in [5, 5.41) is 18.2. The predicted octanol–water partition coefficient (Wildman–Crippen LogP) is 2.98. The first kappa shape index (κ1) is 11.9. The van der Waals surface area contributed by atoms with Crippen LogP contribution in [0.4, 0.5) is 4.39 Å². The number of para-hydroxylation sites is 2. The third-order valence-electron chi connectivity index (χ3n) is 2.42. The second kappa shape index (κ2) is 5.19. The summed E-state index contributed by atoms with van der Waals surface area (Å²) in [5.41, 5.74) is 0.643. The van der Waals surface area contributed by atoms with Gasteiger partial charge >= 0.3 is 0 Å². The minimum Gasteiger partial charge on any atom is -0.504 e. The molecular weight excluding hydrogens is 233 g/mol. The van der Waals surface area contributed by atoms with Gasteiger partial charge in [0.15, 0.2) is 11.5 Å². The summed E-state index contributed by atoms with van der Waals surface area (Å²) >= 11 is 0. The Morgan fingerprint density at radius 3 is 2.72 bits per heavy atom. The lowest BCUT2D eigenvalue weighted by Crippen LogP contribution is -1.99. The average molecular weight is 243 g/mol. The van der Waals surface area contributed by atoms with Crippen molar-refractivity contribution in [2.75, 3.05) is 0 Å². The number of aromatic hydroxyl groups is 1. The fraction of sp³-hybridized carbons (Fsp3) is 0.0714. The quantitative estimate of drug-likeness (QED) is 0.901. The summed E-state index contributed by atoms with van der Waals surface area (Å²) in [5.74, 6) is -0.168. The van der Waals surface area contributed by atoms with E-state index in [1.807, 2.05) is 6.07 Å². The molecule has 0 heterocycles. The molecule has 0 aliphatic carbocycles. The number of phenolic OH excluding ortho intramolecular Hbond substituents is 1. The molecule has 0 aromatic heterocycles. The van der Waals surface area contributed by atoms with Crippen LogP contribution in [0.2, 0.25) is 0 Å². The first-order valence-electron chi connectivity index (χ1n) is 5.30. The maximum absolute atomic E-state index is 13.5. The standard InChI is InChI=1S/C14H10FNO2/c15-12-6-5-10(8-16)7-11(12)9-18-14-4-2-1-3-13(14)17/h1-7,17H,9H2. The molecule has 0 fully saturated rings. The van der Waals surface area contributed by atoms with Gasteiger partial charge in [0.1, 0.15) is 12.4 Å². The van der Waals surface area contributed by atoms with Crippen LogP contribution in [-0.4, -0.2) is 5.11 Å². The van der Waals surface area contributed by atoms with Crippen molar-refractivity contribution < 1.29 is 14.2 Å². The van der Waals surface area contributed by atoms with Crippen molar-refractivity contribution in [3.05, 3.63) is 59.4 Å². The molecule has 2 aromatic carbocycles. The first-order chi connectivity index (χ1) is 8.70. The molecule has 0 spiro atoms. The van der Waals surface area contributed by atoms with Crippen molar-refractivity contribution >= 4 is 0 Å². The third-order valence-corrected chi connectivity index (χ3v) is 2.42. The van der Waals surface area contributed by atoms with Gasteiger partial charge in [-0.2, -0.15) is 5.26 Å². The number of nitriles is 1. The van der Waals surface area contributed by atoms with Crippen molar-refractivity contribution in [2.24, 2.45) is 0 Å². The van der Waals surface area contributed by atoms with Crippen LogP contribution in [0.1, 0.15) is 11.1 Å². The number of hydrogen-bond donors (Lipinski definition) is 1. The largest absolute Gasteiger partial charge is 0.504 e. The van der Waals surface area contributed by atoms with Crippen LogP contribution in [0.25, 0.3) is 0 Å². The van der Waals surface area contributed by atoms with E-state index < -0.39 is 5.82 Å². The predicted molar refractivity (Wildman–Crippen MR) is 63.6 cm³/mol. The summed E-state index contributed by atoms with van der Waals surface area (Å²) in [7, 11) is 0. The van der Waals surface area contributed by atoms with E-state index in [4.69, 9.17) is 10.00 Å². The molecule has 0 bridgehead atoms. The lowest BCUT2D eigenvalue weighted by Gasteiger charge is -2.08. The van der Waals surface area contributed by atoms with Crippen molar-refractivity contribution in [1.82, 2.24) is 0 Å². The maximum atomic E-state index is 13.5. The molecule has 18 heavy (non-hydrogen) atoms. The Morgan fingerprint density at radius 1 is 1.22 bits per heavy atom. The molecule has 2 aromatic rings. The molecular formula is C14H10FNO2. The van der Waals surface area contributed by atoms with E-state index >= 15 is 0 Å². The second-order valence-corrected chi connectivity index (χ2v) is 3.67. The van der Waals surface area contributed by atoms with Gasteiger partial charge in [-0.05, 0) is 30.3 Å². The van der Waals surface area contributed by atoms with Gasteiger partial charge in [-0.25, -0.2) is 4.39 Å². The maximum Gasteiger partial charge on any atom is 0.161 e. The molecule has 3 nitrogen and oxygen atoms in total. The van der Waals surface area contributed by atoms with Crippen molar-refractivity contribution in [3.8, 4) is 17.6 Å². The van der Waals surface area contributed by atoms with Gasteiger partial charge in [-0.3, -0.25) is 0 Å². The van der Waals surface area contributed by atoms with E-state index in [1.165, 1.54) is 24.3 Å². The Kier molecular flexibility index (Phi) is 3.44. The van der Waals surface area contributed by atoms with E-state index in [0.717, 1.165) is 0 Å².